The number of hydrogen-bond acceptors (Lipinski definition) is 7. The van der Waals surface area contributed by atoms with Crippen LogP contribution in [-0.4, -0.2) is 67.2 Å². The molecule has 0 bridgehead atoms. The summed E-state index contributed by atoms with van der Waals surface area (Å²) in [5, 5.41) is 3.56. The van der Waals surface area contributed by atoms with Crippen LogP contribution < -0.4 is 10.1 Å². The molecule has 174 valence electrons. The van der Waals surface area contributed by atoms with Gasteiger partial charge in [0.25, 0.3) is 0 Å². The number of rotatable bonds is 9. The van der Waals surface area contributed by atoms with Crippen LogP contribution in [0.15, 0.2) is 18.2 Å². The largest absolute Gasteiger partial charge is 0.494 e. The Labute approximate surface area is 187 Å². The van der Waals surface area contributed by atoms with Gasteiger partial charge in [0.15, 0.2) is 0 Å². The Morgan fingerprint density at radius 3 is 2.44 bits per heavy atom. The number of benzene rings is 1. The predicted octanol–water partition coefficient (Wildman–Crippen LogP) is 2.96. The molecule has 1 saturated heterocycles. The molecule has 2 aromatic rings. The second kappa shape index (κ2) is 11.0. The van der Waals surface area contributed by atoms with Gasteiger partial charge in [-0.05, 0) is 64.9 Å². The van der Waals surface area contributed by atoms with Gasteiger partial charge in [0.1, 0.15) is 11.4 Å². The number of carbonyl (C=O) groups is 3. The summed E-state index contributed by atoms with van der Waals surface area (Å²) in [6.07, 6.45) is 1.32. The standard InChI is InChI=1S/C23H31N3O6/c1-4-30-16-7-8-18-17(13-16)20(21(24-18)23(29)32-6-3)25-19(27)14-26-11-9-15(10-12-26)22(28)31-5-2/h7-8,13,15,24H,4-6,9-12,14H2,1-3H3,(H,25,27). The predicted molar refractivity (Wildman–Crippen MR) is 120 cm³/mol. The molecule has 3 rings (SSSR count). The maximum absolute atomic E-state index is 12.8. The lowest BCUT2D eigenvalue weighted by Crippen LogP contribution is -2.41. The van der Waals surface area contributed by atoms with E-state index in [1.807, 2.05) is 11.8 Å². The van der Waals surface area contributed by atoms with Gasteiger partial charge in [-0.25, -0.2) is 4.79 Å². The summed E-state index contributed by atoms with van der Waals surface area (Å²) in [5.74, 6) is -0.416. The average molecular weight is 446 g/mol. The number of nitrogens with one attached hydrogen (secondary N) is 2. The van der Waals surface area contributed by atoms with E-state index in [1.54, 1.807) is 32.0 Å². The fourth-order valence-corrected chi connectivity index (χ4v) is 3.88. The molecule has 0 radical (unpaired) electrons. The first-order chi connectivity index (χ1) is 15.5. The summed E-state index contributed by atoms with van der Waals surface area (Å²) in [6, 6.07) is 5.40. The van der Waals surface area contributed by atoms with E-state index in [-0.39, 0.29) is 36.6 Å². The van der Waals surface area contributed by atoms with Crippen molar-refractivity contribution < 1.29 is 28.6 Å². The molecule has 0 spiro atoms. The van der Waals surface area contributed by atoms with Gasteiger partial charge in [0.2, 0.25) is 5.91 Å². The van der Waals surface area contributed by atoms with Crippen LogP contribution in [0.1, 0.15) is 44.1 Å². The first kappa shape index (κ1) is 23.6. The van der Waals surface area contributed by atoms with Gasteiger partial charge in [-0.2, -0.15) is 0 Å². The monoisotopic (exact) mass is 445 g/mol. The zero-order valence-corrected chi connectivity index (χ0v) is 18.9. The smallest absolute Gasteiger partial charge is 0.356 e. The van der Waals surface area contributed by atoms with Gasteiger partial charge in [-0.1, -0.05) is 0 Å². The second-order valence-corrected chi connectivity index (χ2v) is 7.59. The number of aromatic nitrogens is 1. The summed E-state index contributed by atoms with van der Waals surface area (Å²) >= 11 is 0. The van der Waals surface area contributed by atoms with Crippen LogP contribution in [0.3, 0.4) is 0 Å². The van der Waals surface area contributed by atoms with Crippen molar-refractivity contribution in [1.29, 1.82) is 0 Å². The number of likely N-dealkylation sites (tertiary alicyclic amines) is 1. The van der Waals surface area contributed by atoms with Crippen molar-refractivity contribution in [2.45, 2.75) is 33.6 Å². The van der Waals surface area contributed by atoms with Gasteiger partial charge >= 0.3 is 11.9 Å². The third-order valence-corrected chi connectivity index (χ3v) is 5.40. The quantitative estimate of drug-likeness (QED) is 0.571. The third kappa shape index (κ3) is 5.59. The molecule has 0 atom stereocenters. The zero-order valence-electron chi connectivity index (χ0n) is 18.9. The third-order valence-electron chi connectivity index (χ3n) is 5.40. The average Bonchev–Trinajstić information content (AvgIpc) is 3.12. The van der Waals surface area contributed by atoms with Crippen molar-refractivity contribution in [3.8, 4) is 5.75 Å². The lowest BCUT2D eigenvalue weighted by molar-refractivity contribution is -0.149. The number of carbonyl (C=O) groups excluding carboxylic acids is 3. The maximum atomic E-state index is 12.8. The van der Waals surface area contributed by atoms with Crippen LogP contribution >= 0.6 is 0 Å². The molecule has 0 saturated carbocycles. The minimum atomic E-state index is -0.535. The van der Waals surface area contributed by atoms with E-state index in [9.17, 15) is 14.4 Å². The molecule has 1 amide bonds. The van der Waals surface area contributed by atoms with E-state index >= 15 is 0 Å². The number of ether oxygens (including phenoxy) is 3. The molecule has 1 aliphatic rings. The van der Waals surface area contributed by atoms with E-state index < -0.39 is 5.97 Å². The molecule has 9 heteroatoms. The molecular weight excluding hydrogens is 414 g/mol. The number of anilines is 1. The highest BCUT2D eigenvalue weighted by Gasteiger charge is 2.27. The van der Waals surface area contributed by atoms with Gasteiger partial charge in [-0.3, -0.25) is 14.5 Å². The van der Waals surface area contributed by atoms with E-state index in [4.69, 9.17) is 14.2 Å². The fourth-order valence-electron chi connectivity index (χ4n) is 3.88. The second-order valence-electron chi connectivity index (χ2n) is 7.59. The number of fused-ring (bicyclic) bond motifs is 1. The molecular formula is C23H31N3O6. The Kier molecular flexibility index (Phi) is 8.10. The number of nitrogens with zero attached hydrogens (tertiary/aromatic N) is 1. The van der Waals surface area contributed by atoms with Crippen molar-refractivity contribution in [2.24, 2.45) is 5.92 Å². The lowest BCUT2D eigenvalue weighted by atomic mass is 9.97. The molecule has 1 aromatic heterocycles. The van der Waals surface area contributed by atoms with Crippen molar-refractivity contribution >= 4 is 34.4 Å². The van der Waals surface area contributed by atoms with E-state index in [0.29, 0.717) is 61.5 Å². The SMILES string of the molecule is CCOC(=O)c1[nH]c2ccc(OCC)cc2c1NC(=O)CN1CCC(C(=O)OCC)CC1. The molecule has 1 aromatic carbocycles. The van der Waals surface area contributed by atoms with Gasteiger partial charge < -0.3 is 24.5 Å². The minimum Gasteiger partial charge on any atom is -0.494 e. The Morgan fingerprint density at radius 1 is 1.06 bits per heavy atom. The molecule has 0 aliphatic carbocycles. The van der Waals surface area contributed by atoms with Crippen LogP contribution in [0.5, 0.6) is 5.75 Å². The first-order valence-electron chi connectivity index (χ1n) is 11.1. The topological polar surface area (TPSA) is 110 Å². The van der Waals surface area contributed by atoms with Crippen LogP contribution in [0.4, 0.5) is 5.69 Å². The summed E-state index contributed by atoms with van der Waals surface area (Å²) < 4.78 is 15.8. The Balaban J connectivity index is 1.73. The van der Waals surface area contributed by atoms with Crippen molar-refractivity contribution in [1.82, 2.24) is 9.88 Å². The first-order valence-corrected chi connectivity index (χ1v) is 11.1. The van der Waals surface area contributed by atoms with Crippen molar-refractivity contribution in [3.63, 3.8) is 0 Å². The number of esters is 2. The number of amides is 1. The molecule has 1 fully saturated rings. The highest BCUT2D eigenvalue weighted by Crippen LogP contribution is 2.32. The van der Waals surface area contributed by atoms with Crippen LogP contribution in [0.25, 0.3) is 10.9 Å². The van der Waals surface area contributed by atoms with Crippen LogP contribution in [-0.2, 0) is 19.1 Å². The highest BCUT2D eigenvalue weighted by molar-refractivity contribution is 6.11. The van der Waals surface area contributed by atoms with Crippen molar-refractivity contribution in [2.75, 3.05) is 44.8 Å². The van der Waals surface area contributed by atoms with Gasteiger partial charge in [-0.15, -0.1) is 0 Å². The molecule has 32 heavy (non-hydrogen) atoms. The Bertz CT molecular complexity index is 962. The number of piperidine rings is 1. The lowest BCUT2D eigenvalue weighted by Gasteiger charge is -2.30. The summed E-state index contributed by atoms with van der Waals surface area (Å²) in [5.41, 5.74) is 1.28. The molecule has 0 unspecified atom stereocenters. The van der Waals surface area contributed by atoms with Gasteiger partial charge in [0.05, 0.1) is 38.0 Å². The summed E-state index contributed by atoms with van der Waals surface area (Å²) in [7, 11) is 0. The molecule has 9 nitrogen and oxygen atoms in total. The Morgan fingerprint density at radius 2 is 1.78 bits per heavy atom. The van der Waals surface area contributed by atoms with Crippen LogP contribution in [0.2, 0.25) is 0 Å². The summed E-state index contributed by atoms with van der Waals surface area (Å²) in [4.78, 5) is 42.3. The van der Waals surface area contributed by atoms with Crippen LogP contribution in [0, 0.1) is 5.92 Å². The molecule has 2 N–H and O–H groups in total. The number of aromatic amines is 1. The molecule has 2 heterocycles. The van der Waals surface area contributed by atoms with E-state index in [1.165, 1.54) is 0 Å². The number of H-pyrrole nitrogens is 1. The fraction of sp³-hybridized carbons (Fsp3) is 0.522. The highest BCUT2D eigenvalue weighted by atomic mass is 16.5. The maximum Gasteiger partial charge on any atom is 0.356 e. The Hall–Kier alpha value is -3.07. The van der Waals surface area contributed by atoms with Gasteiger partial charge in [0, 0.05) is 10.9 Å². The minimum absolute atomic E-state index is 0.115. The van der Waals surface area contributed by atoms with Crippen molar-refractivity contribution in [3.05, 3.63) is 23.9 Å². The van der Waals surface area contributed by atoms with E-state index in [0.717, 1.165) is 0 Å². The summed E-state index contributed by atoms with van der Waals surface area (Å²) in [6.45, 7) is 7.93. The normalized spacial score (nSPS) is 14.8. The zero-order chi connectivity index (χ0) is 23.1. The van der Waals surface area contributed by atoms with E-state index in [2.05, 4.69) is 10.3 Å². The number of hydrogen-bond donors (Lipinski definition) is 2. The molecule has 1 aliphatic heterocycles.